The topological polar surface area (TPSA) is 17.1 Å². The van der Waals surface area contributed by atoms with Crippen LogP contribution in [0.15, 0.2) is 48.5 Å². The van der Waals surface area contributed by atoms with Gasteiger partial charge in [-0.25, -0.2) is 4.39 Å². The molecule has 0 fully saturated rings. The van der Waals surface area contributed by atoms with Gasteiger partial charge in [-0.15, -0.1) is 0 Å². The third-order valence-electron chi connectivity index (χ3n) is 2.45. The van der Waals surface area contributed by atoms with E-state index in [1.807, 2.05) is 6.07 Å². The smallest absolute Gasteiger partial charge is 0.167 e. The van der Waals surface area contributed by atoms with Crippen LogP contribution in [0.3, 0.4) is 0 Å². The SMILES string of the molecule is O=C(Cc1cc(Cl)ccc1F)c1ccccc1. The van der Waals surface area contributed by atoms with Gasteiger partial charge >= 0.3 is 0 Å². The first-order valence-corrected chi connectivity index (χ1v) is 5.57. The number of ketones is 1. The predicted molar refractivity (Wildman–Crippen MR) is 65.9 cm³/mol. The molecule has 0 aromatic heterocycles. The van der Waals surface area contributed by atoms with Gasteiger partial charge in [-0.3, -0.25) is 4.79 Å². The van der Waals surface area contributed by atoms with Crippen molar-refractivity contribution in [2.24, 2.45) is 0 Å². The van der Waals surface area contributed by atoms with Gasteiger partial charge < -0.3 is 0 Å². The van der Waals surface area contributed by atoms with Crippen molar-refractivity contribution in [1.29, 1.82) is 0 Å². The second-order valence-corrected chi connectivity index (χ2v) is 4.14. The molecule has 2 aromatic rings. The molecular weight excluding hydrogens is 239 g/mol. The Morgan fingerprint density at radius 1 is 1.12 bits per heavy atom. The second-order valence-electron chi connectivity index (χ2n) is 3.70. The highest BCUT2D eigenvalue weighted by Gasteiger charge is 2.10. The Bertz CT molecular complexity index is 537. The molecule has 2 aromatic carbocycles. The maximum Gasteiger partial charge on any atom is 0.167 e. The van der Waals surface area contributed by atoms with Crippen molar-refractivity contribution in [3.8, 4) is 0 Å². The molecule has 86 valence electrons. The Morgan fingerprint density at radius 2 is 1.82 bits per heavy atom. The standard InChI is InChI=1S/C14H10ClFO/c15-12-6-7-13(16)11(8-12)9-14(17)10-4-2-1-3-5-10/h1-8H,9H2. The van der Waals surface area contributed by atoms with Crippen molar-refractivity contribution in [3.63, 3.8) is 0 Å². The van der Waals surface area contributed by atoms with E-state index in [-0.39, 0.29) is 12.2 Å². The molecular formula is C14H10ClFO. The molecule has 0 saturated heterocycles. The highest BCUT2D eigenvalue weighted by atomic mass is 35.5. The van der Waals surface area contributed by atoms with Crippen LogP contribution in [0.4, 0.5) is 4.39 Å². The molecule has 0 spiro atoms. The largest absolute Gasteiger partial charge is 0.294 e. The van der Waals surface area contributed by atoms with Crippen LogP contribution in [-0.2, 0) is 6.42 Å². The lowest BCUT2D eigenvalue weighted by atomic mass is 10.0. The van der Waals surface area contributed by atoms with Crippen molar-refractivity contribution < 1.29 is 9.18 Å². The fourth-order valence-corrected chi connectivity index (χ4v) is 1.77. The number of Topliss-reactive ketones (excluding diaryl/α,β-unsaturated/α-hetero) is 1. The van der Waals surface area contributed by atoms with Gasteiger partial charge in [0, 0.05) is 17.0 Å². The van der Waals surface area contributed by atoms with Crippen molar-refractivity contribution in [3.05, 3.63) is 70.5 Å². The van der Waals surface area contributed by atoms with Crippen molar-refractivity contribution >= 4 is 17.4 Å². The van der Waals surface area contributed by atoms with Crippen LogP contribution in [0.5, 0.6) is 0 Å². The van der Waals surface area contributed by atoms with Crippen LogP contribution in [-0.4, -0.2) is 5.78 Å². The molecule has 2 rings (SSSR count). The highest BCUT2D eigenvalue weighted by molar-refractivity contribution is 6.30. The summed E-state index contributed by atoms with van der Waals surface area (Å²) in [7, 11) is 0. The number of carbonyl (C=O) groups is 1. The summed E-state index contributed by atoms with van der Waals surface area (Å²) in [6, 6.07) is 13.0. The number of carbonyl (C=O) groups excluding carboxylic acids is 1. The molecule has 0 N–H and O–H groups in total. The van der Waals surface area contributed by atoms with E-state index >= 15 is 0 Å². The van der Waals surface area contributed by atoms with E-state index in [9.17, 15) is 9.18 Å². The highest BCUT2D eigenvalue weighted by Crippen LogP contribution is 2.17. The van der Waals surface area contributed by atoms with Crippen LogP contribution in [0.2, 0.25) is 5.02 Å². The van der Waals surface area contributed by atoms with E-state index < -0.39 is 5.82 Å². The van der Waals surface area contributed by atoms with Gasteiger partial charge in [0.2, 0.25) is 0 Å². The molecule has 0 radical (unpaired) electrons. The van der Waals surface area contributed by atoms with Crippen molar-refractivity contribution in [2.75, 3.05) is 0 Å². The van der Waals surface area contributed by atoms with E-state index in [1.165, 1.54) is 18.2 Å². The van der Waals surface area contributed by atoms with E-state index in [0.29, 0.717) is 16.1 Å². The lowest BCUT2D eigenvalue weighted by molar-refractivity contribution is 0.0992. The van der Waals surface area contributed by atoms with Crippen LogP contribution >= 0.6 is 11.6 Å². The summed E-state index contributed by atoms with van der Waals surface area (Å²) in [4.78, 5) is 11.9. The van der Waals surface area contributed by atoms with Gasteiger partial charge in [-0.2, -0.15) is 0 Å². The third kappa shape index (κ3) is 2.92. The molecule has 0 aliphatic heterocycles. The summed E-state index contributed by atoms with van der Waals surface area (Å²) in [5.74, 6) is -0.523. The number of hydrogen-bond donors (Lipinski definition) is 0. The summed E-state index contributed by atoms with van der Waals surface area (Å²) >= 11 is 5.77. The Morgan fingerprint density at radius 3 is 2.53 bits per heavy atom. The van der Waals surface area contributed by atoms with Gasteiger partial charge in [-0.1, -0.05) is 41.9 Å². The minimum Gasteiger partial charge on any atom is -0.294 e. The summed E-state index contributed by atoms with van der Waals surface area (Å²) < 4.78 is 13.4. The molecule has 3 heteroatoms. The van der Waals surface area contributed by atoms with E-state index in [1.54, 1.807) is 24.3 Å². The summed E-state index contributed by atoms with van der Waals surface area (Å²) in [6.07, 6.45) is 0.0242. The van der Waals surface area contributed by atoms with Gasteiger partial charge in [0.1, 0.15) is 5.82 Å². The summed E-state index contributed by atoms with van der Waals surface area (Å²) in [5, 5.41) is 0.433. The molecule has 0 atom stereocenters. The monoisotopic (exact) mass is 248 g/mol. The van der Waals surface area contributed by atoms with Gasteiger partial charge in [0.25, 0.3) is 0 Å². The van der Waals surface area contributed by atoms with Gasteiger partial charge in [-0.05, 0) is 23.8 Å². The van der Waals surface area contributed by atoms with Gasteiger partial charge in [0.05, 0.1) is 0 Å². The van der Waals surface area contributed by atoms with Gasteiger partial charge in [0.15, 0.2) is 5.78 Å². The van der Waals surface area contributed by atoms with Crippen molar-refractivity contribution in [2.45, 2.75) is 6.42 Å². The zero-order valence-electron chi connectivity index (χ0n) is 8.99. The van der Waals surface area contributed by atoms with Crippen LogP contribution in [0, 0.1) is 5.82 Å². The molecule has 0 bridgehead atoms. The Labute approximate surface area is 104 Å². The zero-order chi connectivity index (χ0) is 12.3. The molecule has 0 saturated carbocycles. The first-order valence-electron chi connectivity index (χ1n) is 5.19. The van der Waals surface area contributed by atoms with E-state index in [2.05, 4.69) is 0 Å². The third-order valence-corrected chi connectivity index (χ3v) is 2.69. The van der Waals surface area contributed by atoms with E-state index in [0.717, 1.165) is 0 Å². The number of halogens is 2. The van der Waals surface area contributed by atoms with E-state index in [4.69, 9.17) is 11.6 Å². The molecule has 0 amide bonds. The molecule has 0 aliphatic rings. The first-order chi connectivity index (χ1) is 8.16. The molecule has 1 nitrogen and oxygen atoms in total. The van der Waals surface area contributed by atoms with Crippen LogP contribution < -0.4 is 0 Å². The number of benzene rings is 2. The fourth-order valence-electron chi connectivity index (χ4n) is 1.58. The number of hydrogen-bond acceptors (Lipinski definition) is 1. The predicted octanol–water partition coefficient (Wildman–Crippen LogP) is 3.90. The Kier molecular flexibility index (Phi) is 3.55. The molecule has 0 aliphatic carbocycles. The maximum atomic E-state index is 13.4. The van der Waals surface area contributed by atoms with Crippen LogP contribution in [0.25, 0.3) is 0 Å². The first kappa shape index (κ1) is 11.8. The average molecular weight is 249 g/mol. The summed E-state index contributed by atoms with van der Waals surface area (Å²) in [5.41, 5.74) is 0.901. The normalized spacial score (nSPS) is 10.2. The minimum atomic E-state index is -0.404. The summed E-state index contributed by atoms with van der Waals surface area (Å²) in [6.45, 7) is 0. The van der Waals surface area contributed by atoms with Crippen molar-refractivity contribution in [1.82, 2.24) is 0 Å². The average Bonchev–Trinajstić information content (AvgIpc) is 2.35. The Hall–Kier alpha value is -1.67. The maximum absolute atomic E-state index is 13.4. The lowest BCUT2D eigenvalue weighted by Crippen LogP contribution is -2.04. The fraction of sp³-hybridized carbons (Fsp3) is 0.0714. The molecule has 0 heterocycles. The second kappa shape index (κ2) is 5.11. The quantitative estimate of drug-likeness (QED) is 0.753. The van der Waals surface area contributed by atoms with Crippen LogP contribution in [0.1, 0.15) is 15.9 Å². The Balaban J connectivity index is 2.22. The minimum absolute atomic E-state index is 0.0242. The number of rotatable bonds is 3. The molecule has 17 heavy (non-hydrogen) atoms. The lowest BCUT2D eigenvalue weighted by Gasteiger charge is -2.03. The zero-order valence-corrected chi connectivity index (χ0v) is 9.75. The molecule has 0 unspecified atom stereocenters.